The Morgan fingerprint density at radius 1 is 1.17 bits per heavy atom. The molecule has 0 unspecified atom stereocenters. The van der Waals surface area contributed by atoms with E-state index < -0.39 is 0 Å². The molecule has 0 radical (unpaired) electrons. The molecule has 2 aliphatic rings. The fourth-order valence-electron chi connectivity index (χ4n) is 4.08. The summed E-state index contributed by atoms with van der Waals surface area (Å²) in [5.41, 5.74) is 6.26. The van der Waals surface area contributed by atoms with E-state index in [0.717, 1.165) is 19.5 Å². The van der Waals surface area contributed by atoms with Crippen molar-refractivity contribution in [1.29, 1.82) is 0 Å². The third kappa shape index (κ3) is 4.46. The van der Waals surface area contributed by atoms with Gasteiger partial charge < -0.3 is 20.0 Å². The number of anilines is 1. The zero-order valence-corrected chi connectivity index (χ0v) is 16.8. The molecule has 0 spiro atoms. The number of aromatic nitrogens is 1. The molecule has 8 nitrogen and oxygen atoms in total. The monoisotopic (exact) mass is 415 g/mol. The second kappa shape index (κ2) is 8.83. The smallest absolute Gasteiger partial charge is 0.275 e. The summed E-state index contributed by atoms with van der Waals surface area (Å²) >= 11 is 0. The Morgan fingerprint density at radius 2 is 1.93 bits per heavy atom. The van der Waals surface area contributed by atoms with Gasteiger partial charge in [-0.15, -0.1) is 0 Å². The molecule has 2 amide bonds. The van der Waals surface area contributed by atoms with E-state index >= 15 is 0 Å². The van der Waals surface area contributed by atoms with E-state index in [4.69, 9.17) is 10.2 Å². The van der Waals surface area contributed by atoms with E-state index in [1.165, 1.54) is 12.3 Å². The van der Waals surface area contributed by atoms with Crippen molar-refractivity contribution in [1.82, 2.24) is 14.8 Å². The van der Waals surface area contributed by atoms with Crippen LogP contribution in [0.3, 0.4) is 0 Å². The first-order chi connectivity index (χ1) is 14.5. The van der Waals surface area contributed by atoms with Crippen LogP contribution in [-0.2, 0) is 11.3 Å². The molecule has 30 heavy (non-hydrogen) atoms. The summed E-state index contributed by atoms with van der Waals surface area (Å²) in [6.45, 7) is 4.30. The number of oxazole rings is 1. The Labute approximate surface area is 174 Å². The van der Waals surface area contributed by atoms with Crippen LogP contribution < -0.4 is 10.6 Å². The molecule has 2 saturated heterocycles. The van der Waals surface area contributed by atoms with Crippen molar-refractivity contribution in [3.63, 3.8) is 0 Å². The van der Waals surface area contributed by atoms with Crippen LogP contribution in [0.25, 0.3) is 0 Å². The number of amides is 2. The molecule has 0 saturated carbocycles. The molecule has 1 aromatic carbocycles. The average Bonchev–Trinajstić information content (AvgIpc) is 3.23. The fourth-order valence-corrected chi connectivity index (χ4v) is 4.08. The average molecular weight is 415 g/mol. The first kappa shape index (κ1) is 20.3. The van der Waals surface area contributed by atoms with E-state index in [9.17, 15) is 14.0 Å². The highest BCUT2D eigenvalue weighted by atomic mass is 19.1. The minimum absolute atomic E-state index is 0.210. The van der Waals surface area contributed by atoms with Gasteiger partial charge in [-0.05, 0) is 25.0 Å². The van der Waals surface area contributed by atoms with Crippen LogP contribution in [0, 0.1) is 11.7 Å². The maximum absolute atomic E-state index is 14.0. The van der Waals surface area contributed by atoms with Crippen LogP contribution in [0.15, 0.2) is 34.9 Å². The lowest BCUT2D eigenvalue weighted by molar-refractivity contribution is -0.123. The number of nitrogens with two attached hydrogens (primary N) is 1. The Kier molecular flexibility index (Phi) is 5.98. The van der Waals surface area contributed by atoms with Crippen LogP contribution in [-0.4, -0.2) is 65.9 Å². The van der Waals surface area contributed by atoms with Gasteiger partial charge in [-0.25, -0.2) is 9.37 Å². The molecule has 0 bridgehead atoms. The molecule has 4 rings (SSSR count). The van der Waals surface area contributed by atoms with E-state index in [-0.39, 0.29) is 29.2 Å². The van der Waals surface area contributed by atoms with Crippen molar-refractivity contribution in [2.75, 3.05) is 44.2 Å². The van der Waals surface area contributed by atoms with Crippen LogP contribution in [0.5, 0.6) is 0 Å². The zero-order valence-electron chi connectivity index (χ0n) is 16.8. The first-order valence-corrected chi connectivity index (χ1v) is 10.3. The number of carbonyl (C=O) groups excluding carboxylic acids is 2. The number of para-hydroxylation sites is 1. The summed E-state index contributed by atoms with van der Waals surface area (Å²) in [6, 6.07) is 6.79. The molecule has 3 heterocycles. The molecular weight excluding hydrogens is 389 g/mol. The standard InChI is InChI=1S/C21H26FN5O3/c22-16-5-1-2-6-18(16)26-10-8-25(9-11-26)13-19-24-17(14-30-19)21(29)27-7-3-4-15(12-27)20(23)28/h1-2,5-6,14-15H,3-4,7-13H2,(H2,23,28)/t15-/m0/s1. The number of hydrogen-bond donors (Lipinski definition) is 1. The molecule has 2 aliphatic heterocycles. The van der Waals surface area contributed by atoms with Gasteiger partial charge in [-0.2, -0.15) is 0 Å². The van der Waals surface area contributed by atoms with Gasteiger partial charge in [0, 0.05) is 39.3 Å². The first-order valence-electron chi connectivity index (χ1n) is 10.3. The van der Waals surface area contributed by atoms with E-state index in [1.54, 1.807) is 17.0 Å². The number of hydrogen-bond acceptors (Lipinski definition) is 6. The molecular formula is C21H26FN5O3. The summed E-state index contributed by atoms with van der Waals surface area (Å²) in [7, 11) is 0. The van der Waals surface area contributed by atoms with Gasteiger partial charge in [-0.1, -0.05) is 12.1 Å². The van der Waals surface area contributed by atoms with Gasteiger partial charge >= 0.3 is 0 Å². The van der Waals surface area contributed by atoms with Crippen molar-refractivity contribution in [3.8, 4) is 0 Å². The maximum Gasteiger partial charge on any atom is 0.275 e. The van der Waals surface area contributed by atoms with Gasteiger partial charge in [-0.3, -0.25) is 14.5 Å². The van der Waals surface area contributed by atoms with Crippen LogP contribution in [0.1, 0.15) is 29.2 Å². The molecule has 0 aliphatic carbocycles. The number of piperidine rings is 1. The summed E-state index contributed by atoms with van der Waals surface area (Å²) < 4.78 is 19.5. The molecule has 160 valence electrons. The van der Waals surface area contributed by atoms with Gasteiger partial charge in [0.15, 0.2) is 5.69 Å². The Morgan fingerprint density at radius 3 is 2.67 bits per heavy atom. The van der Waals surface area contributed by atoms with Gasteiger partial charge in [0.05, 0.1) is 18.2 Å². The Bertz CT molecular complexity index is 910. The van der Waals surface area contributed by atoms with Gasteiger partial charge in [0.25, 0.3) is 5.91 Å². The minimum atomic E-state index is -0.372. The third-order valence-corrected chi connectivity index (χ3v) is 5.81. The highest BCUT2D eigenvalue weighted by Crippen LogP contribution is 2.21. The Balaban J connectivity index is 1.31. The number of piperazine rings is 1. The molecule has 2 N–H and O–H groups in total. The summed E-state index contributed by atoms with van der Waals surface area (Å²) in [6.07, 6.45) is 2.83. The summed E-state index contributed by atoms with van der Waals surface area (Å²) in [4.78, 5) is 34.3. The van der Waals surface area contributed by atoms with Crippen molar-refractivity contribution in [2.24, 2.45) is 11.7 Å². The normalized spacial score (nSPS) is 20.4. The highest BCUT2D eigenvalue weighted by Gasteiger charge is 2.29. The van der Waals surface area contributed by atoms with E-state index in [2.05, 4.69) is 9.88 Å². The predicted molar refractivity (Wildman–Crippen MR) is 108 cm³/mol. The lowest BCUT2D eigenvalue weighted by Gasteiger charge is -2.35. The minimum Gasteiger partial charge on any atom is -0.447 e. The third-order valence-electron chi connectivity index (χ3n) is 5.81. The van der Waals surface area contributed by atoms with Crippen LogP contribution >= 0.6 is 0 Å². The fraction of sp³-hybridized carbons (Fsp3) is 0.476. The summed E-state index contributed by atoms with van der Waals surface area (Å²) in [5, 5.41) is 0. The SMILES string of the molecule is NC(=O)[C@H]1CCCN(C(=O)c2coc(CN3CCN(c4ccccc4F)CC3)n2)C1. The second-order valence-electron chi connectivity index (χ2n) is 7.83. The van der Waals surface area contributed by atoms with Gasteiger partial charge in [0.1, 0.15) is 12.1 Å². The van der Waals surface area contributed by atoms with E-state index in [1.807, 2.05) is 11.0 Å². The Hall–Kier alpha value is -2.94. The van der Waals surface area contributed by atoms with Crippen molar-refractivity contribution >= 4 is 17.5 Å². The highest BCUT2D eigenvalue weighted by molar-refractivity contribution is 5.92. The van der Waals surface area contributed by atoms with Crippen LogP contribution in [0.2, 0.25) is 0 Å². The number of primary amides is 1. The van der Waals surface area contributed by atoms with Gasteiger partial charge in [0.2, 0.25) is 11.8 Å². The van der Waals surface area contributed by atoms with Crippen molar-refractivity contribution in [3.05, 3.63) is 47.9 Å². The predicted octanol–water partition coefficient (Wildman–Crippen LogP) is 1.47. The zero-order chi connectivity index (χ0) is 21.1. The number of likely N-dealkylation sites (tertiary alicyclic amines) is 1. The lowest BCUT2D eigenvalue weighted by Crippen LogP contribution is -2.46. The topological polar surface area (TPSA) is 95.9 Å². The molecule has 2 aromatic rings. The second-order valence-corrected chi connectivity index (χ2v) is 7.83. The number of halogens is 1. The lowest BCUT2D eigenvalue weighted by atomic mass is 9.97. The number of nitrogens with zero attached hydrogens (tertiary/aromatic N) is 4. The van der Waals surface area contributed by atoms with Crippen molar-refractivity contribution in [2.45, 2.75) is 19.4 Å². The molecule has 9 heteroatoms. The number of benzene rings is 1. The quantitative estimate of drug-likeness (QED) is 0.795. The van der Waals surface area contributed by atoms with E-state index in [0.29, 0.717) is 50.7 Å². The molecule has 1 atom stereocenters. The number of rotatable bonds is 5. The van der Waals surface area contributed by atoms with Crippen molar-refractivity contribution < 1.29 is 18.4 Å². The molecule has 2 fully saturated rings. The molecule has 1 aromatic heterocycles. The maximum atomic E-state index is 14.0. The summed E-state index contributed by atoms with van der Waals surface area (Å²) in [5.74, 6) is -0.651. The van der Waals surface area contributed by atoms with Crippen LogP contribution in [0.4, 0.5) is 10.1 Å². The largest absolute Gasteiger partial charge is 0.447 e. The number of carbonyl (C=O) groups is 2.